The van der Waals surface area contributed by atoms with Crippen LogP contribution in [-0.4, -0.2) is 6.61 Å². The number of benzene rings is 2. The average Bonchev–Trinajstić information content (AvgIpc) is 2.45. The van der Waals surface area contributed by atoms with Crippen LogP contribution >= 0.6 is 27.5 Å². The standard InChI is InChI=1S/C14H11BrClF3N2O/c15-13-8(12(22-14(18)19)4-2-9(13)17)6-21-11-5-7(16)1-3-10(11)20/h1-5,14,21H,6,20H2. The Labute approximate surface area is 138 Å². The Kier molecular flexibility index (Phi) is 5.42. The van der Waals surface area contributed by atoms with Crippen molar-refractivity contribution in [3.05, 3.63) is 51.2 Å². The van der Waals surface area contributed by atoms with Crippen LogP contribution in [0.1, 0.15) is 5.56 Å². The number of hydrogen-bond acceptors (Lipinski definition) is 3. The van der Waals surface area contributed by atoms with Crippen LogP contribution in [0.5, 0.6) is 5.75 Å². The third-order valence-corrected chi connectivity index (χ3v) is 3.93. The van der Waals surface area contributed by atoms with Crippen molar-refractivity contribution in [3.63, 3.8) is 0 Å². The molecule has 0 aliphatic carbocycles. The summed E-state index contributed by atoms with van der Waals surface area (Å²) in [4.78, 5) is 0. The van der Waals surface area contributed by atoms with E-state index in [2.05, 4.69) is 26.0 Å². The Bertz CT molecular complexity index is 685. The van der Waals surface area contributed by atoms with Gasteiger partial charge in [0.05, 0.1) is 15.8 Å². The van der Waals surface area contributed by atoms with Crippen LogP contribution in [0.3, 0.4) is 0 Å². The molecule has 0 heterocycles. The first-order valence-corrected chi connectivity index (χ1v) is 7.26. The normalized spacial score (nSPS) is 10.8. The third-order valence-electron chi connectivity index (χ3n) is 2.84. The van der Waals surface area contributed by atoms with E-state index in [1.807, 2.05) is 0 Å². The molecule has 2 rings (SSSR count). The van der Waals surface area contributed by atoms with E-state index >= 15 is 0 Å². The van der Waals surface area contributed by atoms with Crippen LogP contribution < -0.4 is 15.8 Å². The number of ether oxygens (including phenoxy) is 1. The largest absolute Gasteiger partial charge is 0.434 e. The van der Waals surface area contributed by atoms with E-state index in [1.54, 1.807) is 18.2 Å². The van der Waals surface area contributed by atoms with E-state index in [0.29, 0.717) is 16.4 Å². The van der Waals surface area contributed by atoms with Crippen molar-refractivity contribution in [2.75, 3.05) is 11.1 Å². The summed E-state index contributed by atoms with van der Waals surface area (Å²) >= 11 is 8.90. The highest BCUT2D eigenvalue weighted by molar-refractivity contribution is 9.10. The lowest BCUT2D eigenvalue weighted by Crippen LogP contribution is -2.09. The number of rotatable bonds is 5. The van der Waals surface area contributed by atoms with Crippen molar-refractivity contribution in [1.82, 2.24) is 0 Å². The zero-order valence-corrected chi connectivity index (χ0v) is 13.4. The minimum atomic E-state index is -3.01. The molecule has 0 saturated carbocycles. The van der Waals surface area contributed by atoms with Crippen molar-refractivity contribution in [2.24, 2.45) is 0 Å². The second kappa shape index (κ2) is 7.11. The summed E-state index contributed by atoms with van der Waals surface area (Å²) in [6.45, 7) is -2.99. The van der Waals surface area contributed by atoms with E-state index in [1.165, 1.54) is 0 Å². The molecule has 0 unspecified atom stereocenters. The molecule has 118 valence electrons. The Morgan fingerprint density at radius 3 is 2.68 bits per heavy atom. The van der Waals surface area contributed by atoms with Crippen molar-refractivity contribution in [3.8, 4) is 5.75 Å². The maximum Gasteiger partial charge on any atom is 0.387 e. The number of alkyl halides is 2. The fourth-order valence-electron chi connectivity index (χ4n) is 1.81. The molecular weight excluding hydrogens is 385 g/mol. The van der Waals surface area contributed by atoms with Crippen LogP contribution in [0.15, 0.2) is 34.8 Å². The van der Waals surface area contributed by atoms with Gasteiger partial charge in [-0.2, -0.15) is 8.78 Å². The molecule has 0 bridgehead atoms. The molecule has 3 N–H and O–H groups in total. The molecule has 2 aromatic rings. The lowest BCUT2D eigenvalue weighted by atomic mass is 10.2. The van der Waals surface area contributed by atoms with Gasteiger partial charge >= 0.3 is 6.61 Å². The lowest BCUT2D eigenvalue weighted by molar-refractivity contribution is -0.0505. The highest BCUT2D eigenvalue weighted by Gasteiger charge is 2.16. The summed E-state index contributed by atoms with van der Waals surface area (Å²) in [6.07, 6.45) is 0. The molecule has 0 atom stereocenters. The van der Waals surface area contributed by atoms with E-state index < -0.39 is 12.4 Å². The van der Waals surface area contributed by atoms with Gasteiger partial charge < -0.3 is 15.8 Å². The Morgan fingerprint density at radius 2 is 2.00 bits per heavy atom. The topological polar surface area (TPSA) is 47.3 Å². The van der Waals surface area contributed by atoms with E-state index in [0.717, 1.165) is 12.1 Å². The molecule has 0 fully saturated rings. The molecule has 0 aromatic heterocycles. The van der Waals surface area contributed by atoms with Gasteiger partial charge in [-0.15, -0.1) is 0 Å². The minimum Gasteiger partial charge on any atom is -0.434 e. The van der Waals surface area contributed by atoms with Gasteiger partial charge in [0.2, 0.25) is 0 Å². The summed E-state index contributed by atoms with van der Waals surface area (Å²) in [7, 11) is 0. The van der Waals surface area contributed by atoms with Crippen LogP contribution in [0.4, 0.5) is 24.5 Å². The Morgan fingerprint density at radius 1 is 1.27 bits per heavy atom. The Balaban J connectivity index is 2.28. The van der Waals surface area contributed by atoms with E-state index in [-0.39, 0.29) is 22.3 Å². The van der Waals surface area contributed by atoms with Gasteiger partial charge in [-0.1, -0.05) is 11.6 Å². The molecule has 2 aromatic carbocycles. The SMILES string of the molecule is Nc1ccc(Cl)cc1NCc1c(OC(F)F)ccc(F)c1Br. The van der Waals surface area contributed by atoms with Crippen molar-refractivity contribution in [1.29, 1.82) is 0 Å². The van der Waals surface area contributed by atoms with Gasteiger partial charge in [-0.25, -0.2) is 4.39 Å². The number of nitrogen functional groups attached to an aromatic ring is 1. The van der Waals surface area contributed by atoms with Gasteiger partial charge in [-0.3, -0.25) is 0 Å². The van der Waals surface area contributed by atoms with Crippen LogP contribution in [0, 0.1) is 5.82 Å². The molecule has 0 radical (unpaired) electrons. The predicted molar refractivity (Wildman–Crippen MR) is 83.9 cm³/mol. The first-order chi connectivity index (χ1) is 10.4. The number of anilines is 2. The molecule has 8 heteroatoms. The average molecular weight is 396 g/mol. The van der Waals surface area contributed by atoms with E-state index in [4.69, 9.17) is 17.3 Å². The monoisotopic (exact) mass is 394 g/mol. The zero-order valence-electron chi connectivity index (χ0n) is 11.0. The molecule has 0 aliphatic heterocycles. The fraction of sp³-hybridized carbons (Fsp3) is 0.143. The second-order valence-electron chi connectivity index (χ2n) is 4.30. The number of nitrogens with one attached hydrogen (secondary N) is 1. The van der Waals surface area contributed by atoms with Gasteiger partial charge in [0.25, 0.3) is 0 Å². The first-order valence-electron chi connectivity index (χ1n) is 6.09. The van der Waals surface area contributed by atoms with Gasteiger partial charge in [-0.05, 0) is 46.3 Å². The van der Waals surface area contributed by atoms with Gasteiger partial charge in [0.15, 0.2) is 0 Å². The molecule has 3 nitrogen and oxygen atoms in total. The van der Waals surface area contributed by atoms with E-state index in [9.17, 15) is 13.2 Å². The van der Waals surface area contributed by atoms with Crippen molar-refractivity contribution in [2.45, 2.75) is 13.2 Å². The maximum absolute atomic E-state index is 13.6. The van der Waals surface area contributed by atoms with Gasteiger partial charge in [0, 0.05) is 17.1 Å². The highest BCUT2D eigenvalue weighted by Crippen LogP contribution is 2.32. The molecule has 0 aliphatic rings. The quantitative estimate of drug-likeness (QED) is 0.698. The first kappa shape index (κ1) is 16.8. The van der Waals surface area contributed by atoms with Crippen molar-refractivity contribution >= 4 is 38.9 Å². The summed E-state index contributed by atoms with van der Waals surface area (Å²) in [6, 6.07) is 6.98. The fourth-order valence-corrected chi connectivity index (χ4v) is 2.45. The molecule has 0 saturated heterocycles. The summed E-state index contributed by atoms with van der Waals surface area (Å²) in [5.41, 5.74) is 6.92. The van der Waals surface area contributed by atoms with Crippen molar-refractivity contribution < 1.29 is 17.9 Å². The maximum atomic E-state index is 13.6. The minimum absolute atomic E-state index is 0.0188. The number of nitrogens with two attached hydrogens (primary N) is 1. The summed E-state index contributed by atoms with van der Waals surface area (Å²) < 4.78 is 42.9. The van der Waals surface area contributed by atoms with Gasteiger partial charge in [0.1, 0.15) is 11.6 Å². The molecular formula is C14H11BrClF3N2O. The van der Waals surface area contributed by atoms with Crippen LogP contribution in [0.2, 0.25) is 5.02 Å². The summed E-state index contributed by atoms with van der Waals surface area (Å²) in [5.74, 6) is -0.714. The third kappa shape index (κ3) is 3.98. The molecule has 0 spiro atoms. The molecule has 0 amide bonds. The van der Waals surface area contributed by atoms with Crippen LogP contribution in [-0.2, 0) is 6.54 Å². The Hall–Kier alpha value is -1.60. The highest BCUT2D eigenvalue weighted by atomic mass is 79.9. The van der Waals surface area contributed by atoms with Crippen LogP contribution in [0.25, 0.3) is 0 Å². The second-order valence-corrected chi connectivity index (χ2v) is 5.53. The predicted octanol–water partition coefficient (Wildman–Crippen LogP) is 5.04. The smallest absolute Gasteiger partial charge is 0.387 e. The zero-order chi connectivity index (χ0) is 16.3. The molecule has 22 heavy (non-hydrogen) atoms. The lowest BCUT2D eigenvalue weighted by Gasteiger charge is -2.15. The number of halogens is 5. The summed E-state index contributed by atoms with van der Waals surface area (Å²) in [5, 5.41) is 3.38. The number of hydrogen-bond donors (Lipinski definition) is 2.